The highest BCUT2D eigenvalue weighted by Gasteiger charge is 2.38. The van der Waals surface area contributed by atoms with E-state index in [4.69, 9.17) is 5.26 Å². The van der Waals surface area contributed by atoms with Gasteiger partial charge < -0.3 is 10.1 Å². The minimum Gasteiger partial charge on any atom is -0.467 e. The van der Waals surface area contributed by atoms with Gasteiger partial charge in [0, 0.05) is 11.8 Å². The number of hydrogen-bond acceptors (Lipinski definition) is 4. The van der Waals surface area contributed by atoms with Gasteiger partial charge in [-0.15, -0.1) is 6.58 Å². The van der Waals surface area contributed by atoms with Crippen molar-refractivity contribution in [3.8, 4) is 5.97 Å². The van der Waals surface area contributed by atoms with Gasteiger partial charge in [0.2, 0.25) is 5.91 Å². The summed E-state index contributed by atoms with van der Waals surface area (Å²) < 4.78 is 4.67. The van der Waals surface area contributed by atoms with Crippen LogP contribution in [0.1, 0.15) is 25.7 Å². The summed E-state index contributed by atoms with van der Waals surface area (Å²) in [6.45, 7) is 3.35. The van der Waals surface area contributed by atoms with E-state index in [0.717, 1.165) is 12.7 Å². The van der Waals surface area contributed by atoms with E-state index < -0.39 is 12.0 Å². The molecule has 0 radical (unpaired) electrons. The molecule has 1 amide bonds. The summed E-state index contributed by atoms with van der Waals surface area (Å²) in [5.41, 5.74) is 0. The molecule has 0 aromatic carbocycles. The number of nitrogens with zero attached hydrogens (tertiary/aromatic N) is 1. The number of rotatable bonds is 6. The second-order valence-corrected chi connectivity index (χ2v) is 4.72. The zero-order valence-corrected chi connectivity index (χ0v) is 11.2. The lowest BCUT2D eigenvalue weighted by Crippen LogP contribution is -2.44. The second kappa shape index (κ2) is 7.62. The molecule has 0 bridgehead atoms. The average Bonchev–Trinajstić information content (AvgIpc) is 2.90. The molecule has 1 aliphatic heterocycles. The molecule has 6 heteroatoms. The van der Waals surface area contributed by atoms with Crippen molar-refractivity contribution in [2.75, 3.05) is 7.11 Å². The van der Waals surface area contributed by atoms with Gasteiger partial charge >= 0.3 is 5.97 Å². The molecule has 0 saturated carbocycles. The van der Waals surface area contributed by atoms with Crippen LogP contribution in [0.2, 0.25) is 12.1 Å². The molecule has 1 saturated heterocycles. The van der Waals surface area contributed by atoms with Crippen molar-refractivity contribution < 1.29 is 14.3 Å². The fourth-order valence-corrected chi connectivity index (χ4v) is 2.38. The van der Waals surface area contributed by atoms with Crippen molar-refractivity contribution in [3.63, 3.8) is 0 Å². The average molecular weight is 262 g/mol. The molecule has 2 unspecified atom stereocenters. The molecule has 0 spiro atoms. The van der Waals surface area contributed by atoms with Gasteiger partial charge in [-0.1, -0.05) is 18.8 Å². The first-order valence-electron chi connectivity index (χ1n) is 6.52. The number of carbonyl (C=O) groups is 2. The molecule has 0 aromatic rings. The Hall–Kier alpha value is -1.77. The molecule has 5 nitrogen and oxygen atoms in total. The van der Waals surface area contributed by atoms with Gasteiger partial charge in [-0.05, 0) is 19.3 Å². The summed E-state index contributed by atoms with van der Waals surface area (Å²) in [6.07, 6.45) is 5.11. The third kappa shape index (κ3) is 4.13. The minimum atomic E-state index is -0.657. The van der Waals surface area contributed by atoms with Gasteiger partial charge in [0.05, 0.1) is 7.11 Å². The molecule has 102 valence electrons. The van der Waals surface area contributed by atoms with E-state index in [2.05, 4.69) is 22.6 Å². The monoisotopic (exact) mass is 262 g/mol. The SMILES string of the molecule is C=CCCC(NC(=O)C1CCCB1C#N)C(=O)OC. The van der Waals surface area contributed by atoms with Crippen molar-refractivity contribution in [3.05, 3.63) is 12.7 Å². The molecular weight excluding hydrogens is 243 g/mol. The molecule has 2 atom stereocenters. The first-order chi connectivity index (χ1) is 9.13. The maximum Gasteiger partial charge on any atom is 0.328 e. The third-order valence-corrected chi connectivity index (χ3v) is 3.48. The standard InChI is InChI=1S/C13H19BN2O3/c1-3-4-7-11(13(18)19-2)16-12(17)10-6-5-8-14(10)9-15/h3,10-11H,1,4-8H2,2H3,(H,16,17). The summed E-state index contributed by atoms with van der Waals surface area (Å²) in [7, 11) is 1.29. The first-order valence-corrected chi connectivity index (χ1v) is 6.52. The zero-order chi connectivity index (χ0) is 14.3. The van der Waals surface area contributed by atoms with Gasteiger partial charge in [0.15, 0.2) is 0 Å². The second-order valence-electron chi connectivity index (χ2n) is 4.72. The molecule has 1 rings (SSSR count). The topological polar surface area (TPSA) is 79.2 Å². The van der Waals surface area contributed by atoms with E-state index >= 15 is 0 Å². The fourth-order valence-electron chi connectivity index (χ4n) is 2.38. The van der Waals surface area contributed by atoms with E-state index in [1.54, 1.807) is 6.08 Å². The van der Waals surface area contributed by atoms with Gasteiger partial charge in [0.25, 0.3) is 6.71 Å². The highest BCUT2D eigenvalue weighted by Crippen LogP contribution is 2.30. The Labute approximate surface area is 114 Å². The van der Waals surface area contributed by atoms with Crippen LogP contribution in [-0.2, 0) is 14.3 Å². The Morgan fingerprint density at radius 1 is 1.68 bits per heavy atom. The molecular formula is C13H19BN2O3. The highest BCUT2D eigenvalue weighted by atomic mass is 16.5. The van der Waals surface area contributed by atoms with Gasteiger partial charge in [-0.2, -0.15) is 0 Å². The van der Waals surface area contributed by atoms with Crippen molar-refractivity contribution >= 4 is 18.6 Å². The Morgan fingerprint density at radius 3 is 3.00 bits per heavy atom. The lowest BCUT2D eigenvalue weighted by atomic mass is 9.44. The maximum atomic E-state index is 12.1. The number of nitriles is 1. The summed E-state index contributed by atoms with van der Waals surface area (Å²) >= 11 is 0. The van der Waals surface area contributed by atoms with Gasteiger partial charge in [-0.25, -0.2) is 10.1 Å². The van der Waals surface area contributed by atoms with Crippen LogP contribution in [-0.4, -0.2) is 31.7 Å². The van der Waals surface area contributed by atoms with Gasteiger partial charge in [-0.3, -0.25) is 4.79 Å². The Kier molecular flexibility index (Phi) is 6.13. The van der Waals surface area contributed by atoms with E-state index in [9.17, 15) is 9.59 Å². The zero-order valence-electron chi connectivity index (χ0n) is 11.2. The number of carbonyl (C=O) groups excluding carboxylic acids is 2. The van der Waals surface area contributed by atoms with Crippen LogP contribution < -0.4 is 5.32 Å². The van der Waals surface area contributed by atoms with Crippen LogP contribution in [0.4, 0.5) is 0 Å². The fraction of sp³-hybridized carbons (Fsp3) is 0.615. The lowest BCUT2D eigenvalue weighted by molar-refractivity contribution is -0.145. The summed E-state index contributed by atoms with van der Waals surface area (Å²) in [4.78, 5) is 23.7. The summed E-state index contributed by atoms with van der Waals surface area (Å²) in [6, 6.07) is -0.657. The first kappa shape index (κ1) is 15.3. The smallest absolute Gasteiger partial charge is 0.328 e. The predicted molar refractivity (Wildman–Crippen MR) is 72.5 cm³/mol. The minimum absolute atomic E-state index is 0.219. The summed E-state index contributed by atoms with van der Waals surface area (Å²) in [5, 5.41) is 11.7. The van der Waals surface area contributed by atoms with Gasteiger partial charge in [0.1, 0.15) is 6.04 Å². The normalized spacial score (nSPS) is 19.4. The third-order valence-electron chi connectivity index (χ3n) is 3.48. The Bertz CT molecular complexity index is 392. The van der Waals surface area contributed by atoms with Crippen molar-refractivity contribution in [1.82, 2.24) is 5.32 Å². The number of esters is 1. The van der Waals surface area contributed by atoms with Crippen LogP contribution in [0.3, 0.4) is 0 Å². The number of allylic oxidation sites excluding steroid dienone is 1. The van der Waals surface area contributed by atoms with Crippen LogP contribution in [0.25, 0.3) is 0 Å². The van der Waals surface area contributed by atoms with Crippen LogP contribution in [0.15, 0.2) is 12.7 Å². The van der Waals surface area contributed by atoms with E-state index in [-0.39, 0.29) is 18.4 Å². The maximum absolute atomic E-state index is 12.1. The van der Waals surface area contributed by atoms with E-state index in [1.807, 2.05) is 0 Å². The Morgan fingerprint density at radius 2 is 2.42 bits per heavy atom. The quantitative estimate of drug-likeness (QED) is 0.445. The van der Waals surface area contributed by atoms with Crippen molar-refractivity contribution in [1.29, 1.82) is 5.26 Å². The molecule has 1 heterocycles. The van der Waals surface area contributed by atoms with Crippen LogP contribution in [0.5, 0.6) is 0 Å². The summed E-state index contributed by atoms with van der Waals surface area (Å²) in [5.74, 6) is 1.18. The predicted octanol–water partition coefficient (Wildman–Crippen LogP) is 1.33. The molecule has 0 aliphatic carbocycles. The largest absolute Gasteiger partial charge is 0.467 e. The number of nitrogens with one attached hydrogen (secondary N) is 1. The van der Waals surface area contributed by atoms with Crippen LogP contribution >= 0.6 is 0 Å². The van der Waals surface area contributed by atoms with Crippen molar-refractivity contribution in [2.45, 2.75) is 43.9 Å². The lowest BCUT2D eigenvalue weighted by Gasteiger charge is -2.19. The number of ether oxygens (including phenoxy) is 1. The number of hydrogen-bond donors (Lipinski definition) is 1. The molecule has 0 aromatic heterocycles. The van der Waals surface area contributed by atoms with Crippen LogP contribution in [0, 0.1) is 11.2 Å². The highest BCUT2D eigenvalue weighted by molar-refractivity contribution is 6.72. The molecule has 19 heavy (non-hydrogen) atoms. The van der Waals surface area contributed by atoms with E-state index in [0.29, 0.717) is 19.3 Å². The molecule has 1 N–H and O–H groups in total. The van der Waals surface area contributed by atoms with E-state index in [1.165, 1.54) is 7.11 Å². The Balaban J connectivity index is 2.62. The number of methoxy groups -OCH3 is 1. The van der Waals surface area contributed by atoms with Crippen molar-refractivity contribution in [2.24, 2.45) is 0 Å². The molecule has 1 aliphatic rings. The number of amides is 1. The molecule has 1 fully saturated rings.